The van der Waals surface area contributed by atoms with Crippen molar-refractivity contribution >= 4 is 17.4 Å². The van der Waals surface area contributed by atoms with E-state index in [2.05, 4.69) is 28.7 Å². The summed E-state index contributed by atoms with van der Waals surface area (Å²) in [5.41, 5.74) is 2.48. The van der Waals surface area contributed by atoms with Gasteiger partial charge < -0.3 is 10.1 Å². The SMILES string of the molecule is CCC(=Cc1nc(C)cs1)CNCCOC. The molecule has 0 fully saturated rings. The molecular formula is C12H20N2OS. The Hall–Kier alpha value is -0.710. The van der Waals surface area contributed by atoms with Gasteiger partial charge in [0.15, 0.2) is 0 Å². The first-order chi connectivity index (χ1) is 7.76. The Labute approximate surface area is 102 Å². The van der Waals surface area contributed by atoms with E-state index in [-0.39, 0.29) is 0 Å². The van der Waals surface area contributed by atoms with Gasteiger partial charge in [0.25, 0.3) is 0 Å². The van der Waals surface area contributed by atoms with Gasteiger partial charge in [0.2, 0.25) is 0 Å². The number of ether oxygens (including phenoxy) is 1. The molecule has 1 N–H and O–H groups in total. The molecule has 3 nitrogen and oxygen atoms in total. The van der Waals surface area contributed by atoms with Gasteiger partial charge in [0.05, 0.1) is 6.61 Å². The predicted molar refractivity (Wildman–Crippen MR) is 69.9 cm³/mol. The van der Waals surface area contributed by atoms with Crippen molar-refractivity contribution in [2.75, 3.05) is 26.8 Å². The second-order valence-corrected chi connectivity index (χ2v) is 4.54. The molecule has 0 saturated carbocycles. The van der Waals surface area contributed by atoms with Gasteiger partial charge >= 0.3 is 0 Å². The van der Waals surface area contributed by atoms with E-state index in [0.717, 1.165) is 36.8 Å². The Morgan fingerprint density at radius 1 is 1.62 bits per heavy atom. The van der Waals surface area contributed by atoms with E-state index in [1.165, 1.54) is 5.57 Å². The fraction of sp³-hybridized carbons (Fsp3) is 0.583. The van der Waals surface area contributed by atoms with Crippen molar-refractivity contribution in [1.82, 2.24) is 10.3 Å². The molecule has 0 aliphatic rings. The molecule has 0 amide bonds. The third-order valence-corrected chi connectivity index (χ3v) is 3.16. The van der Waals surface area contributed by atoms with Crippen LogP contribution in [0.25, 0.3) is 6.08 Å². The minimum atomic E-state index is 0.757. The Kier molecular flexibility index (Phi) is 6.30. The van der Waals surface area contributed by atoms with Gasteiger partial charge in [-0.05, 0) is 19.4 Å². The summed E-state index contributed by atoms with van der Waals surface area (Å²) < 4.78 is 4.99. The fourth-order valence-corrected chi connectivity index (χ4v) is 2.09. The molecule has 0 aliphatic carbocycles. The molecule has 0 spiro atoms. The maximum absolute atomic E-state index is 4.99. The Morgan fingerprint density at radius 2 is 2.44 bits per heavy atom. The summed E-state index contributed by atoms with van der Waals surface area (Å²) in [6.07, 6.45) is 3.23. The summed E-state index contributed by atoms with van der Waals surface area (Å²) in [5, 5.41) is 6.53. The molecule has 0 aromatic carbocycles. The molecule has 4 heteroatoms. The lowest BCUT2D eigenvalue weighted by Crippen LogP contribution is -2.21. The van der Waals surface area contributed by atoms with Crippen LogP contribution in [0.4, 0.5) is 0 Å². The van der Waals surface area contributed by atoms with E-state index < -0.39 is 0 Å². The average molecular weight is 240 g/mol. The Morgan fingerprint density at radius 3 is 3.00 bits per heavy atom. The minimum absolute atomic E-state index is 0.757. The minimum Gasteiger partial charge on any atom is -0.383 e. The quantitative estimate of drug-likeness (QED) is 0.744. The smallest absolute Gasteiger partial charge is 0.116 e. The third-order valence-electron chi connectivity index (χ3n) is 2.25. The molecule has 1 heterocycles. The third kappa shape index (κ3) is 4.88. The highest BCUT2D eigenvalue weighted by Crippen LogP contribution is 2.14. The zero-order valence-electron chi connectivity index (χ0n) is 10.2. The van der Waals surface area contributed by atoms with Crippen molar-refractivity contribution in [2.24, 2.45) is 0 Å². The van der Waals surface area contributed by atoms with E-state index in [4.69, 9.17) is 4.74 Å². The second kappa shape index (κ2) is 7.54. The summed E-state index contributed by atoms with van der Waals surface area (Å²) in [4.78, 5) is 4.43. The first kappa shape index (κ1) is 13.4. The molecule has 16 heavy (non-hydrogen) atoms. The van der Waals surface area contributed by atoms with Gasteiger partial charge in [-0.15, -0.1) is 11.3 Å². The van der Waals surface area contributed by atoms with E-state index in [9.17, 15) is 0 Å². The van der Waals surface area contributed by atoms with E-state index in [0.29, 0.717) is 0 Å². The molecule has 0 unspecified atom stereocenters. The molecule has 0 saturated heterocycles. The van der Waals surface area contributed by atoms with Crippen molar-refractivity contribution < 1.29 is 4.74 Å². The zero-order chi connectivity index (χ0) is 11.8. The van der Waals surface area contributed by atoms with E-state index in [1.54, 1.807) is 18.4 Å². The molecule has 1 aromatic heterocycles. The maximum atomic E-state index is 4.99. The highest BCUT2D eigenvalue weighted by Gasteiger charge is 1.98. The van der Waals surface area contributed by atoms with Crippen molar-refractivity contribution in [2.45, 2.75) is 20.3 Å². The number of aromatic nitrogens is 1. The van der Waals surface area contributed by atoms with E-state index >= 15 is 0 Å². The molecule has 0 atom stereocenters. The average Bonchev–Trinajstić information content (AvgIpc) is 2.68. The number of hydrogen-bond donors (Lipinski definition) is 1. The molecule has 1 rings (SSSR count). The van der Waals surface area contributed by atoms with Crippen LogP contribution >= 0.6 is 11.3 Å². The second-order valence-electron chi connectivity index (χ2n) is 3.65. The van der Waals surface area contributed by atoms with Crippen LogP contribution in [-0.2, 0) is 4.74 Å². The van der Waals surface area contributed by atoms with Crippen LogP contribution in [0.5, 0.6) is 0 Å². The van der Waals surface area contributed by atoms with Gasteiger partial charge in [-0.25, -0.2) is 4.98 Å². The van der Waals surface area contributed by atoms with Crippen LogP contribution in [0.1, 0.15) is 24.0 Å². The van der Waals surface area contributed by atoms with E-state index in [1.807, 2.05) is 6.92 Å². The summed E-state index contributed by atoms with van der Waals surface area (Å²) in [6, 6.07) is 0. The molecule has 1 aromatic rings. The number of aryl methyl sites for hydroxylation is 1. The first-order valence-electron chi connectivity index (χ1n) is 5.57. The number of thiazole rings is 1. The van der Waals surface area contributed by atoms with Crippen LogP contribution in [-0.4, -0.2) is 31.8 Å². The van der Waals surface area contributed by atoms with Crippen LogP contribution in [0.15, 0.2) is 11.0 Å². The topological polar surface area (TPSA) is 34.2 Å². The summed E-state index contributed by atoms with van der Waals surface area (Å²) in [6.45, 7) is 6.76. The number of hydrogen-bond acceptors (Lipinski definition) is 4. The summed E-state index contributed by atoms with van der Waals surface area (Å²) >= 11 is 1.70. The highest BCUT2D eigenvalue weighted by molar-refractivity contribution is 7.10. The standard InChI is InChI=1S/C12H20N2OS/c1-4-11(8-13-5-6-15-3)7-12-14-10(2)9-16-12/h7,9,13H,4-6,8H2,1-3H3. The molecular weight excluding hydrogens is 220 g/mol. The number of rotatable bonds is 7. The largest absolute Gasteiger partial charge is 0.383 e. The maximum Gasteiger partial charge on any atom is 0.116 e. The Balaban J connectivity index is 2.43. The van der Waals surface area contributed by atoms with Gasteiger partial charge in [0.1, 0.15) is 5.01 Å². The molecule has 0 radical (unpaired) electrons. The van der Waals surface area contributed by atoms with Crippen molar-refractivity contribution in [3.8, 4) is 0 Å². The van der Waals surface area contributed by atoms with Crippen LogP contribution in [0.2, 0.25) is 0 Å². The monoisotopic (exact) mass is 240 g/mol. The van der Waals surface area contributed by atoms with Crippen LogP contribution in [0.3, 0.4) is 0 Å². The normalized spacial score (nSPS) is 12.1. The van der Waals surface area contributed by atoms with Crippen molar-refractivity contribution in [3.63, 3.8) is 0 Å². The van der Waals surface area contributed by atoms with Gasteiger partial charge in [-0.2, -0.15) is 0 Å². The number of methoxy groups -OCH3 is 1. The molecule has 90 valence electrons. The van der Waals surface area contributed by atoms with Gasteiger partial charge in [-0.3, -0.25) is 0 Å². The van der Waals surface area contributed by atoms with Crippen LogP contribution in [0, 0.1) is 6.92 Å². The van der Waals surface area contributed by atoms with Crippen LogP contribution < -0.4 is 5.32 Å². The summed E-state index contributed by atoms with van der Waals surface area (Å²) in [5.74, 6) is 0. The fourth-order valence-electron chi connectivity index (χ4n) is 1.31. The lowest BCUT2D eigenvalue weighted by Gasteiger charge is -2.06. The van der Waals surface area contributed by atoms with Crippen molar-refractivity contribution in [1.29, 1.82) is 0 Å². The first-order valence-corrected chi connectivity index (χ1v) is 6.45. The Bertz CT molecular complexity index is 334. The lowest BCUT2D eigenvalue weighted by molar-refractivity contribution is 0.200. The van der Waals surface area contributed by atoms with Gasteiger partial charge in [0, 0.05) is 31.3 Å². The predicted octanol–water partition coefficient (Wildman–Crippen LogP) is 2.48. The van der Waals surface area contributed by atoms with Crippen molar-refractivity contribution in [3.05, 3.63) is 21.7 Å². The van der Waals surface area contributed by atoms with Gasteiger partial charge in [-0.1, -0.05) is 12.5 Å². The molecule has 0 bridgehead atoms. The number of nitrogens with zero attached hydrogens (tertiary/aromatic N) is 1. The lowest BCUT2D eigenvalue weighted by atomic mass is 10.2. The highest BCUT2D eigenvalue weighted by atomic mass is 32.1. The summed E-state index contributed by atoms with van der Waals surface area (Å²) in [7, 11) is 1.72. The molecule has 0 aliphatic heterocycles. The zero-order valence-corrected chi connectivity index (χ0v) is 11.1. The number of nitrogens with one attached hydrogen (secondary N) is 1.